The summed E-state index contributed by atoms with van der Waals surface area (Å²) < 4.78 is 13.2. The molecule has 2 saturated heterocycles. The van der Waals surface area contributed by atoms with E-state index in [1.165, 1.54) is 12.1 Å². The average molecular weight is 404 g/mol. The van der Waals surface area contributed by atoms with Crippen molar-refractivity contribution >= 4 is 28.2 Å². The number of rotatable bonds is 3. The van der Waals surface area contributed by atoms with Crippen LogP contribution in [0.1, 0.15) is 23.2 Å². The van der Waals surface area contributed by atoms with Gasteiger partial charge in [0.15, 0.2) is 0 Å². The molecule has 6 heteroatoms. The van der Waals surface area contributed by atoms with E-state index in [4.69, 9.17) is 0 Å². The lowest BCUT2D eigenvalue weighted by Crippen LogP contribution is -2.46. The van der Waals surface area contributed by atoms with Crippen molar-refractivity contribution in [2.24, 2.45) is 0 Å². The molecule has 5 rings (SSSR count). The molecule has 1 aromatic heterocycles. The number of pyridine rings is 1. The number of nitrogens with zero attached hydrogens (tertiary/aromatic N) is 4. The molecule has 2 aliphatic heterocycles. The molecule has 3 aromatic rings. The van der Waals surface area contributed by atoms with Crippen molar-refractivity contribution in [3.05, 3.63) is 66.1 Å². The van der Waals surface area contributed by atoms with Crippen molar-refractivity contribution in [2.75, 3.05) is 49.1 Å². The summed E-state index contributed by atoms with van der Waals surface area (Å²) >= 11 is 0. The van der Waals surface area contributed by atoms with Crippen LogP contribution in [-0.2, 0) is 0 Å². The molecule has 154 valence electrons. The molecule has 0 unspecified atom stereocenters. The fraction of sp³-hybridized carbons (Fsp3) is 0.333. The molecule has 0 bridgehead atoms. The first-order valence-electron chi connectivity index (χ1n) is 10.6. The molecule has 0 spiro atoms. The van der Waals surface area contributed by atoms with Gasteiger partial charge in [-0.2, -0.15) is 0 Å². The summed E-state index contributed by atoms with van der Waals surface area (Å²) in [5.41, 5.74) is 1.78. The van der Waals surface area contributed by atoms with Crippen LogP contribution < -0.4 is 9.80 Å². The number of hydrogen-bond acceptors (Lipinski definition) is 4. The Morgan fingerprint density at radius 1 is 0.833 bits per heavy atom. The van der Waals surface area contributed by atoms with Gasteiger partial charge in [0.25, 0.3) is 5.91 Å². The van der Waals surface area contributed by atoms with Crippen LogP contribution in [0.25, 0.3) is 10.8 Å². The maximum absolute atomic E-state index is 13.2. The Bertz CT molecular complexity index is 1050. The number of amides is 1. The first kappa shape index (κ1) is 18.9. The molecule has 0 N–H and O–H groups in total. The summed E-state index contributed by atoms with van der Waals surface area (Å²) in [5, 5.41) is 2.12. The second-order valence-electron chi connectivity index (χ2n) is 8.02. The smallest absolute Gasteiger partial charge is 0.253 e. The van der Waals surface area contributed by atoms with Gasteiger partial charge in [-0.3, -0.25) is 4.79 Å². The van der Waals surface area contributed by atoms with E-state index in [2.05, 4.69) is 14.8 Å². The van der Waals surface area contributed by atoms with Crippen LogP contribution >= 0.6 is 0 Å². The molecular formula is C24H25FN4O. The zero-order chi connectivity index (χ0) is 20.5. The number of hydrogen-bond donors (Lipinski definition) is 0. The average Bonchev–Trinajstić information content (AvgIpc) is 3.33. The van der Waals surface area contributed by atoms with Crippen molar-refractivity contribution in [1.29, 1.82) is 0 Å². The third-order valence-corrected chi connectivity index (χ3v) is 6.16. The van der Waals surface area contributed by atoms with E-state index in [1.54, 1.807) is 0 Å². The van der Waals surface area contributed by atoms with Gasteiger partial charge in [0.1, 0.15) is 11.6 Å². The van der Waals surface area contributed by atoms with E-state index in [9.17, 15) is 9.18 Å². The van der Waals surface area contributed by atoms with Gasteiger partial charge in [-0.05, 0) is 60.7 Å². The quantitative estimate of drug-likeness (QED) is 0.663. The number of carbonyl (C=O) groups is 1. The molecule has 1 amide bonds. The Kier molecular flexibility index (Phi) is 4.99. The Labute approximate surface area is 175 Å². The third kappa shape index (κ3) is 3.58. The van der Waals surface area contributed by atoms with Gasteiger partial charge in [-0.15, -0.1) is 0 Å². The molecule has 0 atom stereocenters. The molecule has 30 heavy (non-hydrogen) atoms. The van der Waals surface area contributed by atoms with Gasteiger partial charge in [0.05, 0.1) is 0 Å². The summed E-state index contributed by atoms with van der Waals surface area (Å²) in [6.07, 6.45) is 4.01. The van der Waals surface area contributed by atoms with Gasteiger partial charge >= 0.3 is 0 Å². The SMILES string of the molecule is O=C(c1ccc2ccnc(N3CCN(c4ccc(F)cc4)CC3)c2c1)N1CCCC1. The number of likely N-dealkylation sites (tertiary alicyclic amines) is 1. The lowest BCUT2D eigenvalue weighted by molar-refractivity contribution is 0.0793. The van der Waals surface area contributed by atoms with Crippen molar-refractivity contribution in [3.63, 3.8) is 0 Å². The zero-order valence-corrected chi connectivity index (χ0v) is 16.9. The summed E-state index contributed by atoms with van der Waals surface area (Å²) in [6.45, 7) is 5.04. The lowest BCUT2D eigenvalue weighted by Gasteiger charge is -2.37. The lowest BCUT2D eigenvalue weighted by atomic mass is 10.1. The van der Waals surface area contributed by atoms with Gasteiger partial charge in [-0.25, -0.2) is 9.37 Å². The summed E-state index contributed by atoms with van der Waals surface area (Å²) in [6, 6.07) is 14.6. The van der Waals surface area contributed by atoms with E-state index < -0.39 is 0 Å². The molecule has 0 saturated carbocycles. The molecule has 3 heterocycles. The van der Waals surface area contributed by atoms with Gasteiger partial charge in [-0.1, -0.05) is 6.07 Å². The second-order valence-corrected chi connectivity index (χ2v) is 8.02. The van der Waals surface area contributed by atoms with E-state index >= 15 is 0 Å². The number of fused-ring (bicyclic) bond motifs is 1. The summed E-state index contributed by atoms with van der Waals surface area (Å²) in [5.74, 6) is 0.837. The molecule has 0 radical (unpaired) electrons. The van der Waals surface area contributed by atoms with Crippen molar-refractivity contribution < 1.29 is 9.18 Å². The predicted octanol–water partition coefficient (Wildman–Crippen LogP) is 3.94. The highest BCUT2D eigenvalue weighted by atomic mass is 19.1. The van der Waals surface area contributed by atoms with E-state index in [0.717, 1.165) is 80.0 Å². The van der Waals surface area contributed by atoms with Crippen LogP contribution in [0.3, 0.4) is 0 Å². The predicted molar refractivity (Wildman–Crippen MR) is 118 cm³/mol. The first-order valence-corrected chi connectivity index (χ1v) is 10.6. The highest BCUT2D eigenvalue weighted by Crippen LogP contribution is 2.28. The van der Waals surface area contributed by atoms with Crippen molar-refractivity contribution in [2.45, 2.75) is 12.8 Å². The maximum Gasteiger partial charge on any atom is 0.253 e. The number of aromatic nitrogens is 1. The van der Waals surface area contributed by atoms with Gasteiger partial charge in [0.2, 0.25) is 0 Å². The summed E-state index contributed by atoms with van der Waals surface area (Å²) in [4.78, 5) is 24.0. The number of anilines is 2. The number of carbonyl (C=O) groups excluding carboxylic acids is 1. The Morgan fingerprint density at radius 3 is 2.27 bits per heavy atom. The third-order valence-electron chi connectivity index (χ3n) is 6.16. The molecule has 0 aliphatic carbocycles. The largest absolute Gasteiger partial charge is 0.368 e. The highest BCUT2D eigenvalue weighted by molar-refractivity contribution is 6.01. The van der Waals surface area contributed by atoms with E-state index in [0.29, 0.717) is 0 Å². The Hall–Kier alpha value is -3.15. The normalized spacial score (nSPS) is 17.0. The van der Waals surface area contributed by atoms with Crippen LogP contribution in [0.4, 0.5) is 15.9 Å². The first-order chi connectivity index (χ1) is 14.7. The molecule has 5 nitrogen and oxygen atoms in total. The number of halogens is 1. The second kappa shape index (κ2) is 7.94. The fourth-order valence-electron chi connectivity index (χ4n) is 4.47. The van der Waals surface area contributed by atoms with Crippen molar-refractivity contribution in [3.8, 4) is 0 Å². The highest BCUT2D eigenvalue weighted by Gasteiger charge is 2.22. The van der Waals surface area contributed by atoms with E-state index in [1.807, 2.05) is 47.5 Å². The molecule has 2 fully saturated rings. The van der Waals surface area contributed by atoms with Crippen LogP contribution in [-0.4, -0.2) is 55.1 Å². The number of benzene rings is 2. The maximum atomic E-state index is 13.2. The fourth-order valence-corrected chi connectivity index (χ4v) is 4.47. The van der Waals surface area contributed by atoms with E-state index in [-0.39, 0.29) is 11.7 Å². The molecular weight excluding hydrogens is 379 g/mol. The Balaban J connectivity index is 1.38. The van der Waals surface area contributed by atoms with Crippen molar-refractivity contribution in [1.82, 2.24) is 9.88 Å². The Morgan fingerprint density at radius 2 is 1.53 bits per heavy atom. The topological polar surface area (TPSA) is 39.7 Å². The molecule has 2 aliphatic rings. The minimum atomic E-state index is -0.211. The van der Waals surface area contributed by atoms with Gasteiger partial charge in [0, 0.05) is 62.1 Å². The van der Waals surface area contributed by atoms with Crippen LogP contribution in [0.2, 0.25) is 0 Å². The van der Waals surface area contributed by atoms with Gasteiger partial charge < -0.3 is 14.7 Å². The number of piperazine rings is 1. The standard InChI is InChI=1S/C24H25FN4O/c25-20-5-7-21(8-6-20)27-13-15-28(16-14-27)23-22-17-19(4-3-18(22)9-10-26-23)24(30)29-11-1-2-12-29/h3-10,17H,1-2,11-16H2. The summed E-state index contributed by atoms with van der Waals surface area (Å²) in [7, 11) is 0. The van der Waals surface area contributed by atoms with Crippen LogP contribution in [0, 0.1) is 5.82 Å². The van der Waals surface area contributed by atoms with Crippen LogP contribution in [0.15, 0.2) is 54.7 Å². The minimum Gasteiger partial charge on any atom is -0.368 e. The monoisotopic (exact) mass is 404 g/mol. The zero-order valence-electron chi connectivity index (χ0n) is 16.9. The van der Waals surface area contributed by atoms with Crippen LogP contribution in [0.5, 0.6) is 0 Å². The molecule has 2 aromatic carbocycles. The minimum absolute atomic E-state index is 0.116.